The summed E-state index contributed by atoms with van der Waals surface area (Å²) < 4.78 is 3.48. The molecule has 0 aliphatic heterocycles. The molecule has 3 rings (SSSR count). The third-order valence-electron chi connectivity index (χ3n) is 3.08. The van der Waals surface area contributed by atoms with Crippen molar-refractivity contribution in [2.45, 2.75) is 6.92 Å². The Bertz CT molecular complexity index is 772. The summed E-state index contributed by atoms with van der Waals surface area (Å²) in [6.45, 7) is 1.94. The van der Waals surface area contributed by atoms with Crippen LogP contribution in [0.3, 0.4) is 0 Å². The lowest BCUT2D eigenvalue weighted by atomic mass is 10.2. The molecule has 0 aliphatic rings. The van der Waals surface area contributed by atoms with E-state index in [1.807, 2.05) is 44.4 Å². The second-order valence-electron chi connectivity index (χ2n) is 4.66. The largest absolute Gasteiger partial charge is 0.396 e. The van der Waals surface area contributed by atoms with E-state index in [1.54, 1.807) is 15.6 Å². The van der Waals surface area contributed by atoms with E-state index < -0.39 is 0 Å². The first-order chi connectivity index (χ1) is 9.54. The van der Waals surface area contributed by atoms with Crippen LogP contribution in [0.4, 0.5) is 5.69 Å². The molecule has 3 aromatic rings. The van der Waals surface area contributed by atoms with Crippen LogP contribution in [0.25, 0.3) is 16.9 Å². The first-order valence-corrected chi connectivity index (χ1v) is 6.54. The fourth-order valence-corrected chi connectivity index (χ4v) is 2.36. The summed E-state index contributed by atoms with van der Waals surface area (Å²) in [5.74, 6) is 0. The second-order valence-corrected chi connectivity index (χ2v) is 5.10. The monoisotopic (exact) mass is 287 g/mol. The average molecular weight is 288 g/mol. The first kappa shape index (κ1) is 12.7. The molecule has 2 heterocycles. The smallest absolute Gasteiger partial charge is 0.119 e. The second kappa shape index (κ2) is 4.68. The van der Waals surface area contributed by atoms with Gasteiger partial charge in [-0.2, -0.15) is 10.2 Å². The van der Waals surface area contributed by atoms with E-state index in [0.717, 1.165) is 22.6 Å². The van der Waals surface area contributed by atoms with Crippen LogP contribution in [0.1, 0.15) is 5.69 Å². The Labute approximate surface area is 121 Å². The number of hydrogen-bond acceptors (Lipinski definition) is 3. The van der Waals surface area contributed by atoms with Crippen LogP contribution in [0.5, 0.6) is 0 Å². The summed E-state index contributed by atoms with van der Waals surface area (Å²) in [4.78, 5) is 0. The Morgan fingerprint density at radius 2 is 2.00 bits per heavy atom. The number of hydrogen-bond donors (Lipinski definition) is 1. The van der Waals surface area contributed by atoms with Crippen molar-refractivity contribution in [3.05, 3.63) is 47.4 Å². The van der Waals surface area contributed by atoms with Crippen molar-refractivity contribution in [2.75, 3.05) is 5.73 Å². The van der Waals surface area contributed by atoms with Gasteiger partial charge in [0.05, 0.1) is 23.3 Å². The Morgan fingerprint density at radius 3 is 2.65 bits per heavy atom. The van der Waals surface area contributed by atoms with Gasteiger partial charge in [0.1, 0.15) is 5.69 Å². The number of nitrogen functional groups attached to an aromatic ring is 1. The van der Waals surface area contributed by atoms with Crippen LogP contribution in [0, 0.1) is 6.92 Å². The summed E-state index contributed by atoms with van der Waals surface area (Å²) in [6.07, 6.45) is 3.70. The first-order valence-electron chi connectivity index (χ1n) is 6.16. The lowest BCUT2D eigenvalue weighted by molar-refractivity contribution is 0.756. The highest BCUT2D eigenvalue weighted by Gasteiger charge is 2.14. The summed E-state index contributed by atoms with van der Waals surface area (Å²) in [5.41, 5.74) is 10.1. The molecular formula is C14H14ClN5. The van der Waals surface area contributed by atoms with Crippen LogP contribution < -0.4 is 5.73 Å². The lowest BCUT2D eigenvalue weighted by Gasteiger charge is -2.00. The third kappa shape index (κ3) is 2.16. The average Bonchev–Trinajstić information content (AvgIpc) is 2.92. The van der Waals surface area contributed by atoms with Gasteiger partial charge in [0.25, 0.3) is 0 Å². The van der Waals surface area contributed by atoms with Crippen LogP contribution in [0.15, 0.2) is 36.7 Å². The predicted octanol–water partition coefficient (Wildman–Crippen LogP) is 2.82. The van der Waals surface area contributed by atoms with Crippen molar-refractivity contribution in [2.24, 2.45) is 7.05 Å². The number of nitrogens with zero attached hydrogens (tertiary/aromatic N) is 4. The van der Waals surface area contributed by atoms with E-state index in [4.69, 9.17) is 17.3 Å². The van der Waals surface area contributed by atoms with Gasteiger partial charge < -0.3 is 5.73 Å². The molecule has 0 bridgehead atoms. The number of nitrogens with two attached hydrogens (primary N) is 1. The number of anilines is 1. The molecule has 1 aromatic carbocycles. The lowest BCUT2D eigenvalue weighted by Crippen LogP contribution is -1.94. The molecule has 20 heavy (non-hydrogen) atoms. The maximum absolute atomic E-state index is 6.07. The fraction of sp³-hybridized carbons (Fsp3) is 0.143. The number of rotatable bonds is 2. The molecule has 2 aromatic heterocycles. The van der Waals surface area contributed by atoms with E-state index in [-0.39, 0.29) is 0 Å². The summed E-state index contributed by atoms with van der Waals surface area (Å²) in [6, 6.07) is 7.47. The normalized spacial score (nSPS) is 10.9. The van der Waals surface area contributed by atoms with Crippen molar-refractivity contribution in [1.29, 1.82) is 0 Å². The van der Waals surface area contributed by atoms with Gasteiger partial charge in [-0.05, 0) is 25.1 Å². The Kier molecular flexibility index (Phi) is 2.99. The number of halogens is 1. The summed E-state index contributed by atoms with van der Waals surface area (Å²) in [5, 5.41) is 9.52. The Hall–Kier alpha value is -2.27. The van der Waals surface area contributed by atoms with Gasteiger partial charge in [0.2, 0.25) is 0 Å². The van der Waals surface area contributed by atoms with Gasteiger partial charge in [-0.15, -0.1) is 0 Å². The standard InChI is InChI=1S/C14H14ClN5/c1-9-12(7-19(2)17-9)14-13(16)8-20(18-14)11-5-3-4-10(15)6-11/h3-8H,16H2,1-2H3. The van der Waals surface area contributed by atoms with Gasteiger partial charge in [-0.25, -0.2) is 4.68 Å². The predicted molar refractivity (Wildman–Crippen MR) is 79.9 cm³/mol. The molecule has 0 unspecified atom stereocenters. The van der Waals surface area contributed by atoms with Crippen molar-refractivity contribution in [1.82, 2.24) is 19.6 Å². The SMILES string of the molecule is Cc1nn(C)cc1-c1nn(-c2cccc(Cl)c2)cc1N. The number of aromatic nitrogens is 4. The third-order valence-corrected chi connectivity index (χ3v) is 3.32. The van der Waals surface area contributed by atoms with Crippen LogP contribution >= 0.6 is 11.6 Å². The molecular weight excluding hydrogens is 274 g/mol. The van der Waals surface area contributed by atoms with E-state index in [0.29, 0.717) is 10.7 Å². The molecule has 0 radical (unpaired) electrons. The molecule has 6 heteroatoms. The quantitative estimate of drug-likeness (QED) is 0.788. The zero-order valence-corrected chi connectivity index (χ0v) is 12.0. The molecule has 2 N–H and O–H groups in total. The van der Waals surface area contributed by atoms with E-state index >= 15 is 0 Å². The minimum Gasteiger partial charge on any atom is -0.396 e. The maximum Gasteiger partial charge on any atom is 0.119 e. The molecule has 0 atom stereocenters. The van der Waals surface area contributed by atoms with Gasteiger partial charge in [-0.1, -0.05) is 17.7 Å². The highest BCUT2D eigenvalue weighted by Crippen LogP contribution is 2.27. The van der Waals surface area contributed by atoms with Crippen LogP contribution in [-0.2, 0) is 7.05 Å². The Balaban J connectivity index is 2.10. The van der Waals surface area contributed by atoms with Crippen molar-refractivity contribution < 1.29 is 0 Å². The minimum absolute atomic E-state index is 0.612. The molecule has 0 spiro atoms. The molecule has 0 aliphatic carbocycles. The molecule has 102 valence electrons. The van der Waals surface area contributed by atoms with Gasteiger partial charge in [-0.3, -0.25) is 4.68 Å². The topological polar surface area (TPSA) is 61.7 Å². The highest BCUT2D eigenvalue weighted by molar-refractivity contribution is 6.30. The number of aryl methyl sites for hydroxylation is 2. The zero-order chi connectivity index (χ0) is 14.3. The van der Waals surface area contributed by atoms with Crippen molar-refractivity contribution >= 4 is 17.3 Å². The minimum atomic E-state index is 0.612. The van der Waals surface area contributed by atoms with E-state index in [1.165, 1.54) is 0 Å². The molecule has 0 fully saturated rings. The summed E-state index contributed by atoms with van der Waals surface area (Å²) >= 11 is 6.00. The Morgan fingerprint density at radius 1 is 1.20 bits per heavy atom. The molecule has 0 saturated carbocycles. The maximum atomic E-state index is 6.07. The zero-order valence-electron chi connectivity index (χ0n) is 11.2. The van der Waals surface area contributed by atoms with Gasteiger partial charge >= 0.3 is 0 Å². The van der Waals surface area contributed by atoms with E-state index in [2.05, 4.69) is 10.2 Å². The number of benzene rings is 1. The van der Waals surface area contributed by atoms with Crippen molar-refractivity contribution in [3.8, 4) is 16.9 Å². The van der Waals surface area contributed by atoms with Crippen LogP contribution in [-0.4, -0.2) is 19.6 Å². The molecule has 5 nitrogen and oxygen atoms in total. The van der Waals surface area contributed by atoms with E-state index in [9.17, 15) is 0 Å². The molecule has 0 amide bonds. The summed E-state index contributed by atoms with van der Waals surface area (Å²) in [7, 11) is 1.88. The fourth-order valence-electron chi connectivity index (χ4n) is 2.18. The van der Waals surface area contributed by atoms with Crippen LogP contribution in [0.2, 0.25) is 5.02 Å². The molecule has 0 saturated heterocycles. The van der Waals surface area contributed by atoms with Crippen molar-refractivity contribution in [3.63, 3.8) is 0 Å². The van der Waals surface area contributed by atoms with Gasteiger partial charge in [0.15, 0.2) is 0 Å². The highest BCUT2D eigenvalue weighted by atomic mass is 35.5. The van der Waals surface area contributed by atoms with Gasteiger partial charge in [0, 0.05) is 23.8 Å².